The minimum Gasteiger partial charge on any atom is -0.368 e. The molecule has 1 aliphatic carbocycles. The first-order valence-electron chi connectivity index (χ1n) is 4.86. The average Bonchev–Trinajstić information content (AvgIpc) is 2.82. The smallest absolute Gasteiger partial charge is 0.318 e. The summed E-state index contributed by atoms with van der Waals surface area (Å²) in [6.07, 6.45) is 2.07. The number of hydrogen-bond donors (Lipinski definition) is 2. The highest BCUT2D eigenvalue weighted by Gasteiger charge is 2.27. The fraction of sp³-hybridized carbons (Fsp3) is 0.778. The van der Waals surface area contributed by atoms with E-state index in [1.807, 2.05) is 13.8 Å². The standard InChI is InChI=1S/C9H17N3O2/c1-6(2)12(5-8(10)13)9(14)11-7-3-4-7/h6-7H,3-5H2,1-2H3,(H2,10,13)(H,11,14). The van der Waals surface area contributed by atoms with Crippen molar-refractivity contribution in [2.45, 2.75) is 38.8 Å². The minimum absolute atomic E-state index is 0.0127. The first-order valence-corrected chi connectivity index (χ1v) is 4.86. The molecule has 0 unspecified atom stereocenters. The van der Waals surface area contributed by atoms with Gasteiger partial charge in [0.15, 0.2) is 0 Å². The van der Waals surface area contributed by atoms with Crippen molar-refractivity contribution >= 4 is 11.9 Å². The topological polar surface area (TPSA) is 75.4 Å². The number of amides is 3. The zero-order valence-electron chi connectivity index (χ0n) is 8.62. The number of primary amides is 1. The maximum atomic E-state index is 11.6. The molecule has 1 aliphatic rings. The highest BCUT2D eigenvalue weighted by molar-refractivity contribution is 5.83. The van der Waals surface area contributed by atoms with Crippen LogP contribution in [0, 0.1) is 0 Å². The summed E-state index contributed by atoms with van der Waals surface area (Å²) in [5.41, 5.74) is 5.05. The highest BCUT2D eigenvalue weighted by Crippen LogP contribution is 2.19. The third kappa shape index (κ3) is 3.24. The monoisotopic (exact) mass is 199 g/mol. The van der Waals surface area contributed by atoms with Crippen LogP contribution in [0.25, 0.3) is 0 Å². The predicted molar refractivity (Wildman–Crippen MR) is 52.6 cm³/mol. The second kappa shape index (κ2) is 4.30. The summed E-state index contributed by atoms with van der Waals surface area (Å²) in [4.78, 5) is 23.7. The number of urea groups is 1. The maximum absolute atomic E-state index is 11.6. The Bertz CT molecular complexity index is 236. The molecule has 0 radical (unpaired) electrons. The molecule has 1 rings (SSSR count). The van der Waals surface area contributed by atoms with E-state index >= 15 is 0 Å². The van der Waals surface area contributed by atoms with Crippen LogP contribution in [0.1, 0.15) is 26.7 Å². The molecule has 0 saturated heterocycles. The van der Waals surface area contributed by atoms with Crippen molar-refractivity contribution in [2.75, 3.05) is 6.54 Å². The minimum atomic E-state index is -0.482. The van der Waals surface area contributed by atoms with Crippen molar-refractivity contribution in [3.63, 3.8) is 0 Å². The summed E-state index contributed by atoms with van der Waals surface area (Å²) in [6, 6.07) is 0.0965. The number of carbonyl (C=O) groups is 2. The summed E-state index contributed by atoms with van der Waals surface area (Å²) in [5.74, 6) is -0.482. The van der Waals surface area contributed by atoms with Crippen molar-refractivity contribution < 1.29 is 9.59 Å². The maximum Gasteiger partial charge on any atom is 0.318 e. The van der Waals surface area contributed by atoms with Crippen LogP contribution in [0.3, 0.4) is 0 Å². The van der Waals surface area contributed by atoms with Gasteiger partial charge in [0, 0.05) is 12.1 Å². The van der Waals surface area contributed by atoms with Crippen molar-refractivity contribution in [1.29, 1.82) is 0 Å². The van der Waals surface area contributed by atoms with Gasteiger partial charge in [-0.2, -0.15) is 0 Å². The molecule has 3 N–H and O–H groups in total. The Balaban J connectivity index is 2.46. The van der Waals surface area contributed by atoms with Gasteiger partial charge in [-0.05, 0) is 26.7 Å². The van der Waals surface area contributed by atoms with Gasteiger partial charge in [0.2, 0.25) is 5.91 Å². The summed E-state index contributed by atoms with van der Waals surface area (Å²) in [6.45, 7) is 3.70. The van der Waals surface area contributed by atoms with Gasteiger partial charge in [0.1, 0.15) is 6.54 Å². The lowest BCUT2D eigenvalue weighted by Crippen LogP contribution is -2.48. The summed E-state index contributed by atoms with van der Waals surface area (Å²) in [7, 11) is 0. The van der Waals surface area contributed by atoms with E-state index in [1.54, 1.807) is 0 Å². The Morgan fingerprint density at radius 1 is 1.50 bits per heavy atom. The highest BCUT2D eigenvalue weighted by atomic mass is 16.2. The van der Waals surface area contributed by atoms with E-state index < -0.39 is 5.91 Å². The first-order chi connectivity index (χ1) is 6.50. The molecule has 1 saturated carbocycles. The fourth-order valence-electron chi connectivity index (χ4n) is 1.14. The molecule has 0 atom stereocenters. The van der Waals surface area contributed by atoms with E-state index in [2.05, 4.69) is 5.32 Å². The van der Waals surface area contributed by atoms with Gasteiger partial charge in [-0.1, -0.05) is 0 Å². The second-order valence-electron chi connectivity index (χ2n) is 3.91. The molecule has 0 bridgehead atoms. The zero-order chi connectivity index (χ0) is 10.7. The molecule has 1 fully saturated rings. The molecule has 0 heterocycles. The molecular formula is C9H17N3O2. The summed E-state index contributed by atoms with van der Waals surface area (Å²) >= 11 is 0. The van der Waals surface area contributed by atoms with E-state index in [4.69, 9.17) is 5.73 Å². The normalized spacial score (nSPS) is 15.4. The van der Waals surface area contributed by atoms with Crippen molar-refractivity contribution in [1.82, 2.24) is 10.2 Å². The van der Waals surface area contributed by atoms with E-state index in [-0.39, 0.29) is 18.6 Å². The zero-order valence-corrected chi connectivity index (χ0v) is 8.62. The number of nitrogens with zero attached hydrogens (tertiary/aromatic N) is 1. The van der Waals surface area contributed by atoms with Crippen molar-refractivity contribution in [3.8, 4) is 0 Å². The first kappa shape index (κ1) is 10.8. The molecule has 0 aliphatic heterocycles. The molecule has 0 spiro atoms. The van der Waals surface area contributed by atoms with E-state index in [0.717, 1.165) is 12.8 Å². The lowest BCUT2D eigenvalue weighted by Gasteiger charge is -2.25. The number of nitrogens with one attached hydrogen (secondary N) is 1. The molecule has 5 heteroatoms. The second-order valence-corrected chi connectivity index (χ2v) is 3.91. The van der Waals surface area contributed by atoms with Crippen LogP contribution in [0.15, 0.2) is 0 Å². The quantitative estimate of drug-likeness (QED) is 0.671. The molecule has 0 aromatic carbocycles. The van der Waals surface area contributed by atoms with Crippen molar-refractivity contribution in [3.05, 3.63) is 0 Å². The van der Waals surface area contributed by atoms with Crippen LogP contribution >= 0.6 is 0 Å². The molecule has 14 heavy (non-hydrogen) atoms. The molecule has 5 nitrogen and oxygen atoms in total. The molecule has 0 aromatic heterocycles. The average molecular weight is 199 g/mol. The Kier molecular flexibility index (Phi) is 3.33. The molecular weight excluding hydrogens is 182 g/mol. The fourth-order valence-corrected chi connectivity index (χ4v) is 1.14. The molecule has 80 valence electrons. The summed E-state index contributed by atoms with van der Waals surface area (Å²) < 4.78 is 0. The largest absolute Gasteiger partial charge is 0.368 e. The Morgan fingerprint density at radius 2 is 2.07 bits per heavy atom. The molecule has 3 amide bonds. The lowest BCUT2D eigenvalue weighted by atomic mass is 10.3. The number of rotatable bonds is 4. The van der Waals surface area contributed by atoms with Crippen LogP contribution < -0.4 is 11.1 Å². The SMILES string of the molecule is CC(C)N(CC(N)=O)C(=O)NC1CC1. The van der Waals surface area contributed by atoms with Crippen LogP contribution in [-0.2, 0) is 4.79 Å². The van der Waals surface area contributed by atoms with Crippen LogP contribution in [0.2, 0.25) is 0 Å². The van der Waals surface area contributed by atoms with Gasteiger partial charge >= 0.3 is 6.03 Å². The van der Waals surface area contributed by atoms with Gasteiger partial charge in [-0.25, -0.2) is 4.79 Å². The third-order valence-electron chi connectivity index (χ3n) is 2.12. The summed E-state index contributed by atoms with van der Waals surface area (Å²) in [5, 5.41) is 2.82. The van der Waals surface area contributed by atoms with Gasteiger partial charge in [-0.3, -0.25) is 4.79 Å². The van der Waals surface area contributed by atoms with E-state index in [9.17, 15) is 9.59 Å². The third-order valence-corrected chi connectivity index (χ3v) is 2.12. The van der Waals surface area contributed by atoms with Crippen LogP contribution in [-0.4, -0.2) is 35.5 Å². The van der Waals surface area contributed by atoms with Gasteiger partial charge in [0.25, 0.3) is 0 Å². The van der Waals surface area contributed by atoms with E-state index in [0.29, 0.717) is 6.04 Å². The Labute approximate surface area is 83.6 Å². The predicted octanol–water partition coefficient (Wildman–Crippen LogP) is 0.0541. The van der Waals surface area contributed by atoms with E-state index in [1.165, 1.54) is 4.90 Å². The van der Waals surface area contributed by atoms with Crippen molar-refractivity contribution in [2.24, 2.45) is 5.73 Å². The Morgan fingerprint density at radius 3 is 2.43 bits per heavy atom. The van der Waals surface area contributed by atoms with Crippen LogP contribution in [0.4, 0.5) is 4.79 Å². The number of hydrogen-bond acceptors (Lipinski definition) is 2. The van der Waals surface area contributed by atoms with Crippen LogP contribution in [0.5, 0.6) is 0 Å². The van der Waals surface area contributed by atoms with Gasteiger partial charge < -0.3 is 16.0 Å². The number of nitrogens with two attached hydrogens (primary N) is 1. The van der Waals surface area contributed by atoms with Gasteiger partial charge in [-0.15, -0.1) is 0 Å². The number of carbonyl (C=O) groups excluding carboxylic acids is 2. The molecule has 0 aromatic rings. The lowest BCUT2D eigenvalue weighted by molar-refractivity contribution is -0.118. The van der Waals surface area contributed by atoms with Gasteiger partial charge in [0.05, 0.1) is 0 Å². The Hall–Kier alpha value is -1.26.